The van der Waals surface area contributed by atoms with Crippen LogP contribution in [0.3, 0.4) is 0 Å². The average Bonchev–Trinajstić information content (AvgIpc) is 3.32. The molecule has 0 aromatic heterocycles. The van der Waals surface area contributed by atoms with E-state index in [1.165, 1.54) is 0 Å². The third-order valence-electron chi connectivity index (χ3n) is 8.49. The highest BCUT2D eigenvalue weighted by Crippen LogP contribution is 2.44. The van der Waals surface area contributed by atoms with Gasteiger partial charge in [-0.25, -0.2) is 9.59 Å². The number of aliphatic imine (C=N–C) groups is 1. The minimum absolute atomic E-state index is 0.0733. The van der Waals surface area contributed by atoms with Crippen molar-refractivity contribution in [3.05, 3.63) is 107 Å². The molecule has 2 aliphatic rings. The van der Waals surface area contributed by atoms with E-state index in [2.05, 4.69) is 17.4 Å². The Morgan fingerprint density at radius 3 is 2.18 bits per heavy atom. The molecule has 0 aliphatic heterocycles. The summed E-state index contributed by atoms with van der Waals surface area (Å²) in [5, 5.41) is 23.1. The van der Waals surface area contributed by atoms with E-state index in [0.717, 1.165) is 27.8 Å². The van der Waals surface area contributed by atoms with Crippen LogP contribution in [-0.4, -0.2) is 53.0 Å². The van der Waals surface area contributed by atoms with Gasteiger partial charge in [0.15, 0.2) is 5.78 Å². The number of carbonyl (C=O) groups is 3. The lowest BCUT2D eigenvalue weighted by Crippen LogP contribution is -2.41. The van der Waals surface area contributed by atoms with Crippen LogP contribution in [0.2, 0.25) is 0 Å². The third-order valence-corrected chi connectivity index (χ3v) is 8.49. The van der Waals surface area contributed by atoms with Crippen molar-refractivity contribution in [3.8, 4) is 11.1 Å². The Morgan fingerprint density at radius 2 is 1.56 bits per heavy atom. The molecule has 5 rings (SSSR count). The fourth-order valence-electron chi connectivity index (χ4n) is 6.34. The number of unbranched alkanes of at least 4 members (excludes halogenated alkanes) is 1. The fourth-order valence-corrected chi connectivity index (χ4v) is 6.34. The smallest absolute Gasteiger partial charge is 0.407 e. The number of alkyl carbamates (subject to hydrolysis) is 1. The van der Waals surface area contributed by atoms with Crippen molar-refractivity contribution < 1.29 is 29.3 Å². The van der Waals surface area contributed by atoms with E-state index >= 15 is 0 Å². The summed E-state index contributed by atoms with van der Waals surface area (Å²) in [7, 11) is 0. The van der Waals surface area contributed by atoms with E-state index in [0.29, 0.717) is 49.9 Å². The fraction of sp³-hybridized carbons (Fsp3) is 0.351. The highest BCUT2D eigenvalue weighted by molar-refractivity contribution is 6.23. The number of fused-ring (bicyclic) bond motifs is 3. The van der Waals surface area contributed by atoms with Gasteiger partial charge in [0.25, 0.3) is 0 Å². The number of hydrogen-bond acceptors (Lipinski definition) is 6. The van der Waals surface area contributed by atoms with Crippen LogP contribution in [0.15, 0.2) is 95.2 Å². The monoisotopic (exact) mass is 608 g/mol. The SMILES string of the molecule is CC1(C)CC(=O)C(C(Cc2ccccc2)=NCCCC[C@H](NC(=O)OCC2c3ccccc3-c3ccccc32)C(=O)O)=C(O)C1. The zero-order valence-electron chi connectivity index (χ0n) is 25.8. The number of aliphatic hydroxyl groups excluding tert-OH is 1. The summed E-state index contributed by atoms with van der Waals surface area (Å²) in [6.45, 7) is 4.37. The maximum Gasteiger partial charge on any atom is 0.407 e. The number of aliphatic carboxylic acids is 1. The Kier molecular flexibility index (Phi) is 9.81. The normalized spacial score (nSPS) is 16.6. The molecule has 8 nitrogen and oxygen atoms in total. The first-order chi connectivity index (χ1) is 21.6. The molecule has 0 saturated carbocycles. The molecule has 0 radical (unpaired) electrons. The van der Waals surface area contributed by atoms with Crippen LogP contribution in [0.5, 0.6) is 0 Å². The average molecular weight is 609 g/mol. The summed E-state index contributed by atoms with van der Waals surface area (Å²) in [4.78, 5) is 42.4. The number of aliphatic hydroxyl groups is 1. The van der Waals surface area contributed by atoms with Crippen LogP contribution in [0.1, 0.15) is 68.6 Å². The number of carbonyl (C=O) groups excluding carboxylic acids is 2. The topological polar surface area (TPSA) is 125 Å². The number of carboxylic acid groups (broad SMARTS) is 1. The highest BCUT2D eigenvalue weighted by Gasteiger charge is 2.35. The molecule has 2 aliphatic carbocycles. The molecule has 0 unspecified atom stereocenters. The number of nitrogens with one attached hydrogen (secondary N) is 1. The Hall–Kier alpha value is -4.72. The number of carboxylic acids is 1. The molecule has 0 bridgehead atoms. The molecule has 0 heterocycles. The third kappa shape index (κ3) is 7.69. The molecule has 1 atom stereocenters. The molecule has 3 aromatic carbocycles. The number of ketones is 1. The van der Waals surface area contributed by atoms with Gasteiger partial charge in [0.2, 0.25) is 0 Å². The summed E-state index contributed by atoms with van der Waals surface area (Å²) in [6.07, 6.45) is 1.61. The van der Waals surface area contributed by atoms with Crippen molar-refractivity contribution in [2.24, 2.45) is 10.4 Å². The zero-order chi connectivity index (χ0) is 32.0. The van der Waals surface area contributed by atoms with Gasteiger partial charge in [-0.2, -0.15) is 0 Å². The summed E-state index contributed by atoms with van der Waals surface area (Å²) < 4.78 is 5.54. The predicted molar refractivity (Wildman–Crippen MR) is 174 cm³/mol. The quantitative estimate of drug-likeness (QED) is 0.150. The molecule has 8 heteroatoms. The molecule has 0 fully saturated rings. The van der Waals surface area contributed by atoms with Crippen molar-refractivity contribution in [1.29, 1.82) is 0 Å². The second-order valence-corrected chi connectivity index (χ2v) is 12.6. The number of nitrogens with zero attached hydrogens (tertiary/aromatic N) is 1. The van der Waals surface area contributed by atoms with Gasteiger partial charge in [-0.15, -0.1) is 0 Å². The molecular weight excluding hydrogens is 568 g/mol. The van der Waals surface area contributed by atoms with Gasteiger partial charge >= 0.3 is 12.1 Å². The Morgan fingerprint density at radius 1 is 0.933 bits per heavy atom. The number of benzene rings is 3. The number of allylic oxidation sites excluding steroid dienone is 2. The molecule has 3 aromatic rings. The van der Waals surface area contributed by atoms with E-state index in [9.17, 15) is 24.6 Å². The summed E-state index contributed by atoms with van der Waals surface area (Å²) in [5.41, 5.74) is 5.91. The van der Waals surface area contributed by atoms with Crippen molar-refractivity contribution in [2.75, 3.05) is 13.2 Å². The number of ether oxygens (including phenoxy) is 1. The summed E-state index contributed by atoms with van der Waals surface area (Å²) >= 11 is 0. The summed E-state index contributed by atoms with van der Waals surface area (Å²) in [5.74, 6) is -1.30. The molecule has 3 N–H and O–H groups in total. The van der Waals surface area contributed by atoms with Crippen LogP contribution in [0.25, 0.3) is 11.1 Å². The summed E-state index contributed by atoms with van der Waals surface area (Å²) in [6, 6.07) is 24.6. The van der Waals surface area contributed by atoms with Crippen LogP contribution < -0.4 is 5.32 Å². The zero-order valence-corrected chi connectivity index (χ0v) is 25.8. The van der Waals surface area contributed by atoms with Crippen molar-refractivity contribution in [1.82, 2.24) is 5.32 Å². The minimum atomic E-state index is -1.14. The van der Waals surface area contributed by atoms with Gasteiger partial charge in [-0.05, 0) is 52.5 Å². The van der Waals surface area contributed by atoms with Gasteiger partial charge in [0.1, 0.15) is 18.4 Å². The van der Waals surface area contributed by atoms with Gasteiger partial charge in [-0.3, -0.25) is 9.79 Å². The molecule has 45 heavy (non-hydrogen) atoms. The first-order valence-corrected chi connectivity index (χ1v) is 15.5. The first-order valence-electron chi connectivity index (χ1n) is 15.5. The lowest BCUT2D eigenvalue weighted by atomic mass is 9.75. The van der Waals surface area contributed by atoms with Crippen molar-refractivity contribution >= 4 is 23.6 Å². The highest BCUT2D eigenvalue weighted by atomic mass is 16.5. The van der Waals surface area contributed by atoms with Gasteiger partial charge in [0.05, 0.1) is 11.3 Å². The number of rotatable bonds is 12. The Bertz CT molecular complexity index is 1580. The molecular formula is C37H40N2O6. The van der Waals surface area contributed by atoms with Crippen LogP contribution in [0, 0.1) is 5.41 Å². The van der Waals surface area contributed by atoms with Crippen molar-refractivity contribution in [3.63, 3.8) is 0 Å². The van der Waals surface area contributed by atoms with Gasteiger partial charge < -0.3 is 20.3 Å². The predicted octanol–water partition coefficient (Wildman–Crippen LogP) is 7.03. The van der Waals surface area contributed by atoms with Crippen LogP contribution in [-0.2, 0) is 20.7 Å². The number of amides is 1. The lowest BCUT2D eigenvalue weighted by molar-refractivity contribution is -0.139. The van der Waals surface area contributed by atoms with E-state index in [1.807, 2.05) is 80.6 Å². The van der Waals surface area contributed by atoms with E-state index < -0.39 is 18.1 Å². The van der Waals surface area contributed by atoms with E-state index in [-0.39, 0.29) is 35.9 Å². The standard InChI is InChI=1S/C37H40N2O6/c1-37(2)21-32(40)34(33(41)22-37)31(20-24-12-4-3-5-13-24)38-19-11-10-18-30(35(42)43)39-36(44)45-23-29-27-16-8-6-14-25(27)26-15-7-9-17-28(26)29/h3-9,12-17,29-30,40H,10-11,18-23H2,1-2H3,(H,39,44)(H,42,43)/t30-/m0/s1. The van der Waals surface area contributed by atoms with Gasteiger partial charge in [-0.1, -0.05) is 92.7 Å². The van der Waals surface area contributed by atoms with Crippen LogP contribution in [0.4, 0.5) is 4.79 Å². The molecule has 1 amide bonds. The molecule has 0 spiro atoms. The number of hydrogen-bond donors (Lipinski definition) is 3. The minimum Gasteiger partial charge on any atom is -0.511 e. The Balaban J connectivity index is 1.17. The lowest BCUT2D eigenvalue weighted by Gasteiger charge is -2.30. The number of Topliss-reactive ketones (excluding diaryl/α,β-unsaturated/α-hetero) is 1. The molecule has 234 valence electrons. The molecule has 0 saturated heterocycles. The maximum absolute atomic E-state index is 13.1. The van der Waals surface area contributed by atoms with Crippen LogP contribution >= 0.6 is 0 Å². The second kappa shape index (κ2) is 13.9. The Labute approximate surface area is 263 Å². The van der Waals surface area contributed by atoms with Gasteiger partial charge in [0, 0.05) is 31.7 Å². The first kappa shape index (κ1) is 31.7. The van der Waals surface area contributed by atoms with Crippen molar-refractivity contribution in [2.45, 2.75) is 64.3 Å². The second-order valence-electron chi connectivity index (χ2n) is 12.6. The van der Waals surface area contributed by atoms with E-state index in [1.54, 1.807) is 0 Å². The maximum atomic E-state index is 13.1. The van der Waals surface area contributed by atoms with E-state index in [4.69, 9.17) is 9.73 Å². The largest absolute Gasteiger partial charge is 0.511 e.